The molecule has 0 fully saturated rings. The Morgan fingerprint density at radius 2 is 2.33 bits per heavy atom. The number of nitrogens with one attached hydrogen (secondary N) is 2. The fraction of sp³-hybridized carbons (Fsp3) is 0.421. The Kier molecular flexibility index (Phi) is 6.26. The standard InChI is InChI=1S/C19H22N4O2S2/c1-4-23-7-6-14-15(10-23)27-18(16(14)19(24)25-5-2)21-9-13(8-20)17-22-12(3)11-26-17/h9,11,21H,4-7,10H2,1-3H3/p+1/b13-9+. The van der Waals surface area contributed by atoms with E-state index >= 15 is 0 Å². The topological polar surface area (TPSA) is 79.4 Å². The Balaban J connectivity index is 1.94. The molecule has 8 heteroatoms. The van der Waals surface area contributed by atoms with Crippen LogP contribution in [-0.2, 0) is 17.7 Å². The van der Waals surface area contributed by atoms with E-state index in [0.29, 0.717) is 22.8 Å². The van der Waals surface area contributed by atoms with E-state index < -0.39 is 0 Å². The number of carbonyl (C=O) groups is 1. The number of hydrogen-bond donors (Lipinski definition) is 2. The summed E-state index contributed by atoms with van der Waals surface area (Å²) < 4.78 is 5.29. The molecule has 1 unspecified atom stereocenters. The molecule has 1 aliphatic heterocycles. The Bertz CT molecular complexity index is 907. The molecule has 0 bridgehead atoms. The number of thiazole rings is 1. The van der Waals surface area contributed by atoms with Crippen molar-refractivity contribution in [1.29, 1.82) is 5.26 Å². The van der Waals surface area contributed by atoms with Gasteiger partial charge >= 0.3 is 5.97 Å². The average molecular weight is 404 g/mol. The molecule has 3 heterocycles. The number of aryl methyl sites for hydroxylation is 1. The van der Waals surface area contributed by atoms with Crippen LogP contribution in [0, 0.1) is 18.3 Å². The number of hydrogen-bond acceptors (Lipinski definition) is 7. The predicted octanol–water partition coefficient (Wildman–Crippen LogP) is 2.63. The van der Waals surface area contributed by atoms with E-state index in [1.165, 1.54) is 21.1 Å². The van der Waals surface area contributed by atoms with Gasteiger partial charge in [-0.1, -0.05) is 0 Å². The highest BCUT2D eigenvalue weighted by Gasteiger charge is 2.30. The molecule has 0 aromatic carbocycles. The Labute approximate surface area is 167 Å². The third-order valence-electron chi connectivity index (χ3n) is 4.53. The lowest BCUT2D eigenvalue weighted by Crippen LogP contribution is -3.11. The van der Waals surface area contributed by atoms with Gasteiger partial charge in [0.25, 0.3) is 0 Å². The first-order chi connectivity index (χ1) is 13.1. The normalized spacial score (nSPS) is 16.5. The van der Waals surface area contributed by atoms with Crippen LogP contribution in [0.4, 0.5) is 5.00 Å². The molecule has 1 aliphatic rings. The number of rotatable bonds is 6. The zero-order chi connectivity index (χ0) is 19.4. The zero-order valence-corrected chi connectivity index (χ0v) is 17.4. The molecule has 2 N–H and O–H groups in total. The number of ether oxygens (including phenoxy) is 1. The van der Waals surface area contributed by atoms with Gasteiger partial charge in [-0.15, -0.1) is 22.7 Å². The summed E-state index contributed by atoms with van der Waals surface area (Å²) in [6.07, 6.45) is 2.51. The number of esters is 1. The van der Waals surface area contributed by atoms with Gasteiger partial charge in [0.2, 0.25) is 0 Å². The van der Waals surface area contributed by atoms with E-state index in [0.717, 1.165) is 42.3 Å². The van der Waals surface area contributed by atoms with Crippen molar-refractivity contribution < 1.29 is 14.4 Å². The van der Waals surface area contributed by atoms with Crippen LogP contribution in [0.5, 0.6) is 0 Å². The van der Waals surface area contributed by atoms with Gasteiger partial charge < -0.3 is 15.0 Å². The van der Waals surface area contributed by atoms with E-state index in [2.05, 4.69) is 23.3 Å². The molecule has 6 nitrogen and oxygen atoms in total. The van der Waals surface area contributed by atoms with E-state index in [-0.39, 0.29) is 5.97 Å². The smallest absolute Gasteiger partial charge is 0.341 e. The second-order valence-electron chi connectivity index (χ2n) is 6.32. The second kappa shape index (κ2) is 8.65. The fourth-order valence-electron chi connectivity index (χ4n) is 3.12. The molecule has 1 atom stereocenters. The molecule has 0 radical (unpaired) electrons. The Morgan fingerprint density at radius 3 is 2.96 bits per heavy atom. The summed E-state index contributed by atoms with van der Waals surface area (Å²) in [4.78, 5) is 19.7. The van der Waals surface area contributed by atoms with Gasteiger partial charge in [0.15, 0.2) is 0 Å². The maximum absolute atomic E-state index is 12.6. The molecule has 0 aliphatic carbocycles. The maximum atomic E-state index is 12.6. The van der Waals surface area contributed by atoms with Crippen molar-refractivity contribution in [1.82, 2.24) is 4.98 Å². The molecule has 142 valence electrons. The van der Waals surface area contributed by atoms with Crippen LogP contribution in [0.3, 0.4) is 0 Å². The minimum Gasteiger partial charge on any atom is -0.462 e. The summed E-state index contributed by atoms with van der Waals surface area (Å²) in [6, 6.07) is 2.18. The Morgan fingerprint density at radius 1 is 1.52 bits per heavy atom. The van der Waals surface area contributed by atoms with Crippen molar-refractivity contribution in [3.8, 4) is 6.07 Å². The number of nitrogens with zero attached hydrogens (tertiary/aromatic N) is 2. The van der Waals surface area contributed by atoms with Crippen LogP contribution in [0.25, 0.3) is 5.57 Å². The number of quaternary nitrogens is 1. The van der Waals surface area contributed by atoms with Crippen molar-refractivity contribution in [2.45, 2.75) is 33.7 Å². The number of nitriles is 1. The number of fused-ring (bicyclic) bond motifs is 1. The summed E-state index contributed by atoms with van der Waals surface area (Å²) in [5.41, 5.74) is 3.05. The van der Waals surface area contributed by atoms with Crippen molar-refractivity contribution in [3.05, 3.63) is 38.3 Å². The van der Waals surface area contributed by atoms with Crippen molar-refractivity contribution >= 4 is 39.2 Å². The van der Waals surface area contributed by atoms with Gasteiger partial charge in [-0.05, 0) is 26.3 Å². The third-order valence-corrected chi connectivity index (χ3v) is 6.68. The van der Waals surface area contributed by atoms with E-state index in [1.807, 2.05) is 19.2 Å². The van der Waals surface area contributed by atoms with E-state index in [4.69, 9.17) is 4.74 Å². The number of anilines is 1. The number of aromatic nitrogens is 1. The molecule has 27 heavy (non-hydrogen) atoms. The molecule has 0 spiro atoms. The van der Waals surface area contributed by atoms with Gasteiger partial charge in [-0.25, -0.2) is 9.78 Å². The van der Waals surface area contributed by atoms with Gasteiger partial charge in [0, 0.05) is 23.7 Å². The second-order valence-corrected chi connectivity index (χ2v) is 8.28. The van der Waals surface area contributed by atoms with Gasteiger partial charge in [-0.3, -0.25) is 0 Å². The minimum absolute atomic E-state index is 0.297. The third kappa shape index (κ3) is 4.21. The van der Waals surface area contributed by atoms with Gasteiger partial charge in [0.05, 0.1) is 30.1 Å². The van der Waals surface area contributed by atoms with Gasteiger partial charge in [-0.2, -0.15) is 5.26 Å². The molecular formula is C19H23N4O2S2+. The monoisotopic (exact) mass is 403 g/mol. The lowest BCUT2D eigenvalue weighted by molar-refractivity contribution is -0.913. The maximum Gasteiger partial charge on any atom is 0.341 e. The average Bonchev–Trinajstić information content (AvgIpc) is 3.25. The number of carbonyl (C=O) groups excluding carboxylic acids is 1. The number of allylic oxidation sites excluding steroid dienone is 1. The first kappa shape index (κ1) is 19.5. The predicted molar refractivity (Wildman–Crippen MR) is 108 cm³/mol. The minimum atomic E-state index is -0.297. The molecule has 3 rings (SSSR count). The first-order valence-corrected chi connectivity index (χ1v) is 10.7. The fourth-order valence-corrected chi connectivity index (χ4v) is 5.16. The Hall–Kier alpha value is -2.21. The molecule has 0 amide bonds. The summed E-state index contributed by atoms with van der Waals surface area (Å²) in [5.74, 6) is -0.297. The highest BCUT2D eigenvalue weighted by molar-refractivity contribution is 7.16. The van der Waals surface area contributed by atoms with Gasteiger partial charge in [0.1, 0.15) is 28.2 Å². The number of likely N-dealkylation sites (N-methyl/N-ethyl adjacent to an activating group) is 1. The van der Waals surface area contributed by atoms with Crippen LogP contribution in [0.1, 0.15) is 45.3 Å². The lowest BCUT2D eigenvalue weighted by atomic mass is 10.0. The van der Waals surface area contributed by atoms with E-state index in [1.54, 1.807) is 17.5 Å². The largest absolute Gasteiger partial charge is 0.462 e. The van der Waals surface area contributed by atoms with E-state index in [9.17, 15) is 10.1 Å². The van der Waals surface area contributed by atoms with Crippen LogP contribution < -0.4 is 10.2 Å². The zero-order valence-electron chi connectivity index (χ0n) is 15.7. The summed E-state index contributed by atoms with van der Waals surface area (Å²) >= 11 is 3.02. The number of thiophene rings is 1. The summed E-state index contributed by atoms with van der Waals surface area (Å²) in [6.45, 7) is 9.23. The molecule has 0 saturated heterocycles. The lowest BCUT2D eigenvalue weighted by Gasteiger charge is -2.22. The highest BCUT2D eigenvalue weighted by Crippen LogP contribution is 2.35. The van der Waals surface area contributed by atoms with Crippen LogP contribution in [0.2, 0.25) is 0 Å². The molecule has 2 aromatic rings. The van der Waals surface area contributed by atoms with Crippen molar-refractivity contribution in [2.75, 3.05) is 25.0 Å². The first-order valence-electron chi connectivity index (χ1n) is 9.01. The summed E-state index contributed by atoms with van der Waals surface area (Å²) in [5, 5.41) is 16.0. The SMILES string of the molecule is CCOC(=O)c1c(N/C=C(\C#N)c2nc(C)cs2)sc2c1CC[NH+](CC)C2. The van der Waals surface area contributed by atoms with Crippen molar-refractivity contribution in [2.24, 2.45) is 0 Å². The molecular weight excluding hydrogens is 380 g/mol. The quantitative estimate of drug-likeness (QED) is 0.573. The van der Waals surface area contributed by atoms with Crippen LogP contribution in [-0.4, -0.2) is 30.6 Å². The van der Waals surface area contributed by atoms with Crippen LogP contribution in [0.15, 0.2) is 11.6 Å². The van der Waals surface area contributed by atoms with Crippen LogP contribution >= 0.6 is 22.7 Å². The van der Waals surface area contributed by atoms with Crippen molar-refractivity contribution in [3.63, 3.8) is 0 Å². The summed E-state index contributed by atoms with van der Waals surface area (Å²) in [7, 11) is 0. The highest BCUT2D eigenvalue weighted by atomic mass is 32.1. The molecule has 0 saturated carbocycles. The molecule has 2 aromatic heterocycles.